The van der Waals surface area contributed by atoms with E-state index in [9.17, 15) is 23.1 Å². The highest BCUT2D eigenvalue weighted by Gasteiger charge is 2.18. The smallest absolute Gasteiger partial charge is 0.257 e. The molecule has 4 N–H and O–H groups in total. The van der Waals surface area contributed by atoms with Gasteiger partial charge in [-0.1, -0.05) is 39.0 Å². The van der Waals surface area contributed by atoms with Crippen molar-refractivity contribution >= 4 is 38.9 Å². The number of aromatic hydroxyl groups is 1. The van der Waals surface area contributed by atoms with Gasteiger partial charge in [0.1, 0.15) is 5.75 Å². The van der Waals surface area contributed by atoms with Gasteiger partial charge in [0.25, 0.3) is 11.8 Å². The average molecular weight is 482 g/mol. The molecule has 0 aromatic heterocycles. The highest BCUT2D eigenvalue weighted by Crippen LogP contribution is 2.26. The topological polar surface area (TPSA) is 125 Å². The van der Waals surface area contributed by atoms with E-state index in [4.69, 9.17) is 0 Å². The number of nitrogens with one attached hydrogen (secondary N) is 3. The molecular weight excluding hydrogens is 454 g/mol. The van der Waals surface area contributed by atoms with Crippen molar-refractivity contribution in [2.45, 2.75) is 26.2 Å². The van der Waals surface area contributed by atoms with Gasteiger partial charge >= 0.3 is 0 Å². The first-order chi connectivity index (χ1) is 15.8. The number of anilines is 3. The summed E-state index contributed by atoms with van der Waals surface area (Å²) < 4.78 is 25.6. The number of carbonyl (C=O) groups is 2. The molecule has 3 aromatic carbocycles. The van der Waals surface area contributed by atoms with Crippen molar-refractivity contribution in [1.29, 1.82) is 0 Å². The highest BCUT2D eigenvalue weighted by molar-refractivity contribution is 7.92. The molecule has 0 atom stereocenters. The van der Waals surface area contributed by atoms with E-state index in [1.807, 2.05) is 12.1 Å². The molecule has 0 spiro atoms. The van der Waals surface area contributed by atoms with Gasteiger partial charge < -0.3 is 15.7 Å². The third-order valence-electron chi connectivity index (χ3n) is 4.93. The van der Waals surface area contributed by atoms with Crippen molar-refractivity contribution in [3.8, 4) is 5.75 Å². The van der Waals surface area contributed by atoms with Crippen LogP contribution >= 0.6 is 0 Å². The van der Waals surface area contributed by atoms with E-state index >= 15 is 0 Å². The predicted molar refractivity (Wildman–Crippen MR) is 134 cm³/mol. The van der Waals surface area contributed by atoms with E-state index in [0.717, 1.165) is 11.8 Å². The summed E-state index contributed by atoms with van der Waals surface area (Å²) in [5, 5.41) is 15.0. The summed E-state index contributed by atoms with van der Waals surface area (Å²) in [7, 11) is -3.58. The van der Waals surface area contributed by atoms with Crippen LogP contribution in [0.3, 0.4) is 0 Å². The van der Waals surface area contributed by atoms with Gasteiger partial charge in [-0.25, -0.2) is 8.42 Å². The Morgan fingerprint density at radius 3 is 2.09 bits per heavy atom. The summed E-state index contributed by atoms with van der Waals surface area (Å²) in [5.74, 6) is -1.05. The monoisotopic (exact) mass is 481 g/mol. The molecule has 8 nitrogen and oxygen atoms in total. The first-order valence-electron chi connectivity index (χ1n) is 10.5. The fourth-order valence-corrected chi connectivity index (χ4v) is 3.77. The minimum atomic E-state index is -3.58. The number of hydrogen-bond acceptors (Lipinski definition) is 5. The molecule has 9 heteroatoms. The van der Waals surface area contributed by atoms with Gasteiger partial charge in [-0.2, -0.15) is 0 Å². The third kappa shape index (κ3) is 6.58. The SMILES string of the molecule is CC(C)(C)c1ccc(C(=O)Nc2ccc(NS(C)(=O)=O)cc2C(=O)Nc2cccc(O)c2)cc1. The first-order valence-corrected chi connectivity index (χ1v) is 12.3. The molecule has 0 saturated heterocycles. The molecule has 0 saturated carbocycles. The van der Waals surface area contributed by atoms with Crippen LogP contribution in [0.4, 0.5) is 17.1 Å². The van der Waals surface area contributed by atoms with Crippen molar-refractivity contribution in [2.24, 2.45) is 0 Å². The van der Waals surface area contributed by atoms with Crippen LogP contribution < -0.4 is 15.4 Å². The summed E-state index contributed by atoms with van der Waals surface area (Å²) in [6, 6.07) is 17.4. The zero-order valence-electron chi connectivity index (χ0n) is 19.3. The van der Waals surface area contributed by atoms with Crippen LogP contribution in [-0.4, -0.2) is 31.6 Å². The Bertz CT molecular complexity index is 1330. The van der Waals surface area contributed by atoms with Gasteiger partial charge in [-0.3, -0.25) is 14.3 Å². The lowest BCUT2D eigenvalue weighted by Crippen LogP contribution is -2.19. The van der Waals surface area contributed by atoms with E-state index in [0.29, 0.717) is 11.3 Å². The molecule has 0 radical (unpaired) electrons. The molecule has 0 fully saturated rings. The van der Waals surface area contributed by atoms with Crippen molar-refractivity contribution < 1.29 is 23.1 Å². The number of carbonyl (C=O) groups excluding carboxylic acids is 2. The maximum Gasteiger partial charge on any atom is 0.257 e. The number of hydrogen-bond donors (Lipinski definition) is 4. The molecule has 0 bridgehead atoms. The largest absolute Gasteiger partial charge is 0.508 e. The van der Waals surface area contributed by atoms with Gasteiger partial charge in [0, 0.05) is 23.0 Å². The maximum absolute atomic E-state index is 13.0. The van der Waals surface area contributed by atoms with E-state index < -0.39 is 21.8 Å². The summed E-state index contributed by atoms with van der Waals surface area (Å²) in [6.45, 7) is 6.22. The van der Waals surface area contributed by atoms with Gasteiger partial charge in [0.2, 0.25) is 10.0 Å². The van der Waals surface area contributed by atoms with Crippen LogP contribution in [0, 0.1) is 0 Å². The molecule has 0 unspecified atom stereocenters. The standard InChI is InChI=1S/C25H27N3O5S/c1-25(2,3)17-10-8-16(9-11-17)23(30)27-22-13-12-19(28-34(4,32)33)15-21(22)24(31)26-18-6-5-7-20(29)14-18/h5-15,28-29H,1-4H3,(H,26,31)(H,27,30). The molecule has 0 heterocycles. The summed E-state index contributed by atoms with van der Waals surface area (Å²) in [6.07, 6.45) is 0.996. The third-order valence-corrected chi connectivity index (χ3v) is 5.54. The van der Waals surface area contributed by atoms with Crippen LogP contribution in [0.15, 0.2) is 66.7 Å². The van der Waals surface area contributed by atoms with Gasteiger partial charge in [0.05, 0.1) is 17.5 Å². The van der Waals surface area contributed by atoms with E-state index in [1.54, 1.807) is 24.3 Å². The first kappa shape index (κ1) is 24.8. The molecule has 34 heavy (non-hydrogen) atoms. The van der Waals surface area contributed by atoms with Crippen molar-refractivity contribution in [1.82, 2.24) is 0 Å². The number of benzene rings is 3. The number of phenols is 1. The van der Waals surface area contributed by atoms with Gasteiger partial charge in [-0.15, -0.1) is 0 Å². The number of rotatable bonds is 6. The van der Waals surface area contributed by atoms with E-state index in [1.165, 1.54) is 30.3 Å². The molecule has 3 aromatic rings. The number of sulfonamides is 1. The molecule has 0 aliphatic heterocycles. The Morgan fingerprint density at radius 2 is 1.50 bits per heavy atom. The lowest BCUT2D eigenvalue weighted by atomic mass is 9.86. The zero-order valence-corrected chi connectivity index (χ0v) is 20.2. The molecule has 0 aliphatic carbocycles. The highest BCUT2D eigenvalue weighted by atomic mass is 32.2. The van der Waals surface area contributed by atoms with Crippen molar-refractivity contribution in [2.75, 3.05) is 21.6 Å². The molecular formula is C25H27N3O5S. The zero-order chi connectivity index (χ0) is 25.1. The average Bonchev–Trinajstić information content (AvgIpc) is 2.73. The van der Waals surface area contributed by atoms with E-state index in [-0.39, 0.29) is 28.1 Å². The van der Waals surface area contributed by atoms with Crippen LogP contribution in [0.1, 0.15) is 47.1 Å². The number of phenolic OH excluding ortho intramolecular Hbond substituents is 1. The second kappa shape index (κ2) is 9.56. The van der Waals surface area contributed by atoms with Crippen LogP contribution in [0.5, 0.6) is 5.75 Å². The lowest BCUT2D eigenvalue weighted by molar-refractivity contribution is 0.102. The Balaban J connectivity index is 1.92. The molecule has 178 valence electrons. The van der Waals surface area contributed by atoms with Crippen molar-refractivity contribution in [3.05, 3.63) is 83.4 Å². The maximum atomic E-state index is 13.0. The normalized spacial score (nSPS) is 11.5. The van der Waals surface area contributed by atoms with Gasteiger partial charge in [0.15, 0.2) is 0 Å². The minimum Gasteiger partial charge on any atom is -0.508 e. The predicted octanol–water partition coefficient (Wildman–Crippen LogP) is 4.57. The molecule has 2 amide bonds. The van der Waals surface area contributed by atoms with E-state index in [2.05, 4.69) is 36.1 Å². The Hall–Kier alpha value is -3.85. The second-order valence-corrected chi connectivity index (χ2v) is 10.7. The fourth-order valence-electron chi connectivity index (χ4n) is 3.22. The number of amides is 2. The second-order valence-electron chi connectivity index (χ2n) is 8.92. The Labute approximate surface area is 199 Å². The van der Waals surface area contributed by atoms with Gasteiger partial charge in [-0.05, 0) is 53.4 Å². The Kier molecular flexibility index (Phi) is 6.97. The summed E-state index contributed by atoms with van der Waals surface area (Å²) >= 11 is 0. The lowest BCUT2D eigenvalue weighted by Gasteiger charge is -2.19. The summed E-state index contributed by atoms with van der Waals surface area (Å²) in [5.41, 5.74) is 2.15. The van der Waals surface area contributed by atoms with Crippen molar-refractivity contribution in [3.63, 3.8) is 0 Å². The fraction of sp³-hybridized carbons (Fsp3) is 0.200. The minimum absolute atomic E-state index is 0.0301. The quantitative estimate of drug-likeness (QED) is 0.411. The van der Waals surface area contributed by atoms with Crippen LogP contribution in [-0.2, 0) is 15.4 Å². The Morgan fingerprint density at radius 1 is 0.824 bits per heavy atom. The summed E-state index contributed by atoms with van der Waals surface area (Å²) in [4.78, 5) is 25.9. The van der Waals surface area contributed by atoms with Crippen LogP contribution in [0.2, 0.25) is 0 Å². The van der Waals surface area contributed by atoms with Crippen LogP contribution in [0.25, 0.3) is 0 Å². The molecule has 3 rings (SSSR count). The molecule has 0 aliphatic rings.